The van der Waals surface area contributed by atoms with Crippen molar-refractivity contribution in [3.63, 3.8) is 0 Å². The fourth-order valence-electron chi connectivity index (χ4n) is 4.08. The van der Waals surface area contributed by atoms with Crippen LogP contribution in [0.1, 0.15) is 57.8 Å². The van der Waals surface area contributed by atoms with E-state index in [2.05, 4.69) is 34.2 Å². The first-order valence-electron chi connectivity index (χ1n) is 10.1. The Morgan fingerprint density at radius 1 is 1.18 bits per heavy atom. The lowest BCUT2D eigenvalue weighted by molar-refractivity contribution is -0.134. The van der Waals surface area contributed by atoms with E-state index in [1.54, 1.807) is 0 Å². The highest BCUT2D eigenvalue weighted by molar-refractivity contribution is 5.85. The van der Waals surface area contributed by atoms with Crippen LogP contribution in [-0.2, 0) is 11.2 Å². The van der Waals surface area contributed by atoms with Crippen molar-refractivity contribution in [3.05, 3.63) is 11.7 Å². The molecule has 0 radical (unpaired) electrons. The number of carbonyl (C=O) groups excluding carboxylic acids is 1. The highest BCUT2D eigenvalue weighted by atomic mass is 35.5. The zero-order chi connectivity index (χ0) is 18.5. The Kier molecular flexibility index (Phi) is 10.7. The van der Waals surface area contributed by atoms with Crippen molar-refractivity contribution in [2.24, 2.45) is 11.8 Å². The molecule has 7 nitrogen and oxygen atoms in total. The first-order chi connectivity index (χ1) is 12.6. The summed E-state index contributed by atoms with van der Waals surface area (Å²) in [6.45, 7) is 11.8. The van der Waals surface area contributed by atoms with E-state index in [1.165, 1.54) is 12.8 Å². The average Bonchev–Trinajstić information content (AvgIpc) is 3.17. The lowest BCUT2D eigenvalue weighted by Crippen LogP contribution is -2.49. The normalized spacial score (nSPS) is 20.8. The number of nitrogens with one attached hydrogen (secondary N) is 1. The molecule has 2 atom stereocenters. The number of piperazine rings is 1. The van der Waals surface area contributed by atoms with Crippen molar-refractivity contribution in [2.75, 3.05) is 39.3 Å². The Morgan fingerprint density at radius 3 is 2.39 bits per heavy atom. The van der Waals surface area contributed by atoms with Crippen LogP contribution in [-0.4, -0.2) is 65.1 Å². The molecule has 28 heavy (non-hydrogen) atoms. The van der Waals surface area contributed by atoms with Crippen LogP contribution in [0.3, 0.4) is 0 Å². The van der Waals surface area contributed by atoms with Gasteiger partial charge in [-0.2, -0.15) is 4.98 Å². The van der Waals surface area contributed by atoms with Crippen molar-refractivity contribution >= 4 is 30.7 Å². The third-order valence-corrected chi connectivity index (χ3v) is 6.06. The Morgan fingerprint density at radius 2 is 1.82 bits per heavy atom. The minimum atomic E-state index is 0. The van der Waals surface area contributed by atoms with Gasteiger partial charge in [-0.3, -0.25) is 9.69 Å². The van der Waals surface area contributed by atoms with E-state index in [9.17, 15) is 4.79 Å². The molecule has 9 heteroatoms. The lowest BCUT2D eigenvalue weighted by Gasteiger charge is -2.37. The second kappa shape index (κ2) is 12.0. The fourth-order valence-corrected chi connectivity index (χ4v) is 4.08. The SMILES string of the molecule is CCc1noc(C(C)N2CCN(C(=O)CC(C)C3CCNCC3)CC2)n1.Cl.Cl. The summed E-state index contributed by atoms with van der Waals surface area (Å²) in [5.41, 5.74) is 0. The van der Waals surface area contributed by atoms with Crippen LogP contribution in [0.25, 0.3) is 0 Å². The molecule has 0 spiro atoms. The number of halogens is 2. The van der Waals surface area contributed by atoms with E-state index >= 15 is 0 Å². The maximum Gasteiger partial charge on any atom is 0.243 e. The van der Waals surface area contributed by atoms with Crippen molar-refractivity contribution in [1.29, 1.82) is 0 Å². The number of piperidine rings is 1. The molecule has 162 valence electrons. The molecule has 3 heterocycles. The molecule has 1 amide bonds. The van der Waals surface area contributed by atoms with Crippen LogP contribution in [0.15, 0.2) is 4.52 Å². The first kappa shape index (κ1) is 25.1. The van der Waals surface area contributed by atoms with Gasteiger partial charge >= 0.3 is 0 Å². The van der Waals surface area contributed by atoms with Crippen molar-refractivity contribution in [2.45, 2.75) is 52.5 Å². The summed E-state index contributed by atoms with van der Waals surface area (Å²) in [6.07, 6.45) is 3.87. The predicted molar refractivity (Wildman–Crippen MR) is 114 cm³/mol. The van der Waals surface area contributed by atoms with Gasteiger partial charge in [-0.1, -0.05) is 19.0 Å². The molecule has 0 saturated carbocycles. The maximum absolute atomic E-state index is 12.7. The molecule has 1 N–H and O–H groups in total. The van der Waals surface area contributed by atoms with Gasteiger partial charge in [-0.05, 0) is 44.7 Å². The van der Waals surface area contributed by atoms with Gasteiger partial charge in [-0.25, -0.2) is 0 Å². The largest absolute Gasteiger partial charge is 0.340 e. The first-order valence-corrected chi connectivity index (χ1v) is 10.1. The fraction of sp³-hybridized carbons (Fsp3) is 0.842. The molecule has 0 bridgehead atoms. The number of carbonyl (C=O) groups is 1. The molecule has 0 aromatic carbocycles. The second-order valence-corrected chi connectivity index (χ2v) is 7.76. The average molecular weight is 436 g/mol. The minimum absolute atomic E-state index is 0. The van der Waals surface area contributed by atoms with E-state index < -0.39 is 0 Å². The smallest absolute Gasteiger partial charge is 0.243 e. The van der Waals surface area contributed by atoms with Gasteiger partial charge in [0.05, 0.1) is 6.04 Å². The highest BCUT2D eigenvalue weighted by Gasteiger charge is 2.29. The molecular formula is C19H35Cl2N5O2. The van der Waals surface area contributed by atoms with Crippen LogP contribution in [0, 0.1) is 11.8 Å². The summed E-state index contributed by atoms with van der Waals surface area (Å²) in [4.78, 5) is 21.5. The molecule has 2 unspecified atom stereocenters. The van der Waals surface area contributed by atoms with Crippen LogP contribution in [0.4, 0.5) is 0 Å². The number of hydrogen-bond acceptors (Lipinski definition) is 6. The van der Waals surface area contributed by atoms with Crippen LogP contribution in [0.2, 0.25) is 0 Å². The number of nitrogens with zero attached hydrogens (tertiary/aromatic N) is 4. The number of aromatic nitrogens is 2. The van der Waals surface area contributed by atoms with Gasteiger partial charge in [0.15, 0.2) is 5.82 Å². The van der Waals surface area contributed by atoms with E-state index in [1.807, 2.05) is 11.8 Å². The summed E-state index contributed by atoms with van der Waals surface area (Å²) >= 11 is 0. The van der Waals surface area contributed by atoms with Crippen molar-refractivity contribution < 1.29 is 9.32 Å². The molecule has 2 aliphatic heterocycles. The van der Waals surface area contributed by atoms with E-state index in [0.717, 1.165) is 51.5 Å². The molecule has 3 rings (SSSR count). The maximum atomic E-state index is 12.7. The van der Waals surface area contributed by atoms with Gasteiger partial charge in [0.2, 0.25) is 11.8 Å². The number of aryl methyl sites for hydroxylation is 1. The monoisotopic (exact) mass is 435 g/mol. The number of amides is 1. The van der Waals surface area contributed by atoms with Gasteiger partial charge in [0.1, 0.15) is 0 Å². The van der Waals surface area contributed by atoms with Gasteiger partial charge in [0.25, 0.3) is 0 Å². The third kappa shape index (κ3) is 6.31. The molecule has 2 aliphatic rings. The Balaban J connectivity index is 0.00000196. The van der Waals surface area contributed by atoms with Gasteiger partial charge in [-0.15, -0.1) is 24.8 Å². The topological polar surface area (TPSA) is 74.5 Å². The van der Waals surface area contributed by atoms with E-state index in [0.29, 0.717) is 30.1 Å². The molecule has 2 saturated heterocycles. The summed E-state index contributed by atoms with van der Waals surface area (Å²) in [5.74, 6) is 2.92. The Bertz CT molecular complexity index is 587. The molecule has 1 aromatic heterocycles. The standard InChI is InChI=1S/C19H33N5O2.2ClH/c1-4-17-21-19(26-22-17)15(3)23-9-11-24(12-10-23)18(25)13-14(2)16-5-7-20-8-6-16;;/h14-16,20H,4-13H2,1-3H3;2*1H. The minimum Gasteiger partial charge on any atom is -0.340 e. The lowest BCUT2D eigenvalue weighted by atomic mass is 9.84. The molecular weight excluding hydrogens is 401 g/mol. The quantitative estimate of drug-likeness (QED) is 0.739. The zero-order valence-corrected chi connectivity index (χ0v) is 18.9. The van der Waals surface area contributed by atoms with Crippen molar-refractivity contribution in [1.82, 2.24) is 25.3 Å². The van der Waals surface area contributed by atoms with Gasteiger partial charge in [0, 0.05) is 39.0 Å². The Hall–Kier alpha value is -0.890. The molecule has 0 aliphatic carbocycles. The predicted octanol–water partition coefficient (Wildman–Crippen LogP) is 2.71. The number of rotatable bonds is 6. The zero-order valence-electron chi connectivity index (χ0n) is 17.2. The summed E-state index contributed by atoms with van der Waals surface area (Å²) in [5, 5.41) is 7.39. The van der Waals surface area contributed by atoms with Crippen LogP contribution >= 0.6 is 24.8 Å². The van der Waals surface area contributed by atoms with E-state index in [4.69, 9.17) is 4.52 Å². The highest BCUT2D eigenvalue weighted by Crippen LogP contribution is 2.26. The molecule has 2 fully saturated rings. The van der Waals surface area contributed by atoms with Crippen LogP contribution < -0.4 is 5.32 Å². The summed E-state index contributed by atoms with van der Waals surface area (Å²) < 4.78 is 5.38. The third-order valence-electron chi connectivity index (χ3n) is 6.06. The molecule has 1 aromatic rings. The second-order valence-electron chi connectivity index (χ2n) is 7.76. The van der Waals surface area contributed by atoms with Gasteiger partial charge < -0.3 is 14.7 Å². The number of hydrogen-bond donors (Lipinski definition) is 1. The van der Waals surface area contributed by atoms with Crippen molar-refractivity contribution in [3.8, 4) is 0 Å². The summed E-state index contributed by atoms with van der Waals surface area (Å²) in [6, 6.07) is 0.105. The van der Waals surface area contributed by atoms with E-state index in [-0.39, 0.29) is 30.9 Å². The Labute approximate surface area is 180 Å². The van der Waals surface area contributed by atoms with Crippen LogP contribution in [0.5, 0.6) is 0 Å². The summed E-state index contributed by atoms with van der Waals surface area (Å²) in [7, 11) is 0.